The van der Waals surface area contributed by atoms with E-state index in [4.69, 9.17) is 0 Å². The third-order valence-corrected chi connectivity index (χ3v) is 4.54. The maximum Gasteiger partial charge on any atom is 0.261 e. The average Bonchev–Trinajstić information content (AvgIpc) is 2.80. The number of carbonyl (C=O) groups is 1. The van der Waals surface area contributed by atoms with E-state index in [-0.39, 0.29) is 18.0 Å². The lowest BCUT2D eigenvalue weighted by Crippen LogP contribution is -2.37. The van der Waals surface area contributed by atoms with E-state index in [0.717, 1.165) is 30.4 Å². The molecule has 1 aromatic heterocycles. The summed E-state index contributed by atoms with van der Waals surface area (Å²) in [5.74, 6) is 0.000136. The minimum absolute atomic E-state index is 0.000136. The van der Waals surface area contributed by atoms with Gasteiger partial charge < -0.3 is 4.90 Å². The van der Waals surface area contributed by atoms with Crippen LogP contribution in [0.25, 0.3) is 10.9 Å². The van der Waals surface area contributed by atoms with Gasteiger partial charge in [0.1, 0.15) is 6.54 Å². The van der Waals surface area contributed by atoms with Crippen molar-refractivity contribution in [3.8, 4) is 0 Å². The summed E-state index contributed by atoms with van der Waals surface area (Å²) in [6.45, 7) is 1.65. The number of fused-ring (bicyclic) bond motifs is 1. The Kier molecular flexibility index (Phi) is 4.57. The third-order valence-electron chi connectivity index (χ3n) is 4.05. The van der Waals surface area contributed by atoms with Crippen LogP contribution >= 0.6 is 15.9 Å². The molecule has 2 aromatic rings. The van der Waals surface area contributed by atoms with Gasteiger partial charge in [0.15, 0.2) is 0 Å². The predicted octanol–water partition coefficient (Wildman–Crippen LogP) is 2.56. The number of nitrogens with zero attached hydrogens (tertiary/aromatic N) is 3. The molecule has 0 aliphatic carbocycles. The highest BCUT2D eigenvalue weighted by molar-refractivity contribution is 9.10. The first-order chi connectivity index (χ1) is 10.6. The molecule has 0 N–H and O–H groups in total. The second kappa shape index (κ2) is 6.60. The summed E-state index contributed by atoms with van der Waals surface area (Å²) in [6.07, 6.45) is 5.91. The molecule has 3 rings (SSSR count). The van der Waals surface area contributed by atoms with Crippen LogP contribution in [0.5, 0.6) is 0 Å². The third kappa shape index (κ3) is 3.21. The fourth-order valence-electron chi connectivity index (χ4n) is 2.81. The topological polar surface area (TPSA) is 55.2 Å². The highest BCUT2D eigenvalue weighted by Gasteiger charge is 2.17. The molecule has 1 aliphatic heterocycles. The van der Waals surface area contributed by atoms with Gasteiger partial charge in [0.25, 0.3) is 5.56 Å². The fourth-order valence-corrected chi connectivity index (χ4v) is 3.17. The van der Waals surface area contributed by atoms with Crippen molar-refractivity contribution < 1.29 is 4.79 Å². The van der Waals surface area contributed by atoms with Crippen LogP contribution in [-0.4, -0.2) is 33.4 Å². The van der Waals surface area contributed by atoms with Crippen molar-refractivity contribution in [2.45, 2.75) is 32.2 Å². The number of halogens is 1. The predicted molar refractivity (Wildman–Crippen MR) is 88.8 cm³/mol. The Labute approximate surface area is 137 Å². The quantitative estimate of drug-likeness (QED) is 0.823. The lowest BCUT2D eigenvalue weighted by Gasteiger charge is -2.20. The molecule has 116 valence electrons. The molecule has 0 saturated carbocycles. The summed E-state index contributed by atoms with van der Waals surface area (Å²) < 4.78 is 2.23. The minimum Gasteiger partial charge on any atom is -0.341 e. The van der Waals surface area contributed by atoms with E-state index in [1.807, 2.05) is 11.0 Å². The normalized spacial score (nSPS) is 15.8. The molecule has 5 nitrogen and oxygen atoms in total. The maximum absolute atomic E-state index is 12.5. The van der Waals surface area contributed by atoms with Crippen LogP contribution in [0.1, 0.15) is 25.7 Å². The Balaban J connectivity index is 1.85. The molecule has 0 unspecified atom stereocenters. The van der Waals surface area contributed by atoms with Gasteiger partial charge in [-0.15, -0.1) is 0 Å². The van der Waals surface area contributed by atoms with E-state index in [9.17, 15) is 9.59 Å². The van der Waals surface area contributed by atoms with Gasteiger partial charge in [-0.1, -0.05) is 28.8 Å². The Morgan fingerprint density at radius 3 is 2.64 bits per heavy atom. The average molecular weight is 364 g/mol. The minimum atomic E-state index is -0.172. The first kappa shape index (κ1) is 15.2. The number of carbonyl (C=O) groups excluding carboxylic acids is 1. The molecule has 0 radical (unpaired) electrons. The van der Waals surface area contributed by atoms with E-state index >= 15 is 0 Å². The number of benzene rings is 1. The molecule has 1 aromatic carbocycles. The smallest absolute Gasteiger partial charge is 0.261 e. The molecule has 1 saturated heterocycles. The van der Waals surface area contributed by atoms with E-state index in [1.54, 1.807) is 12.1 Å². The highest BCUT2D eigenvalue weighted by Crippen LogP contribution is 2.15. The van der Waals surface area contributed by atoms with E-state index in [0.29, 0.717) is 10.9 Å². The van der Waals surface area contributed by atoms with Crippen molar-refractivity contribution >= 4 is 32.7 Å². The first-order valence-electron chi connectivity index (χ1n) is 7.57. The molecule has 1 fully saturated rings. The van der Waals surface area contributed by atoms with E-state index < -0.39 is 0 Å². The zero-order valence-corrected chi connectivity index (χ0v) is 13.9. The number of hydrogen-bond acceptors (Lipinski definition) is 3. The molecule has 1 amide bonds. The molecular formula is C16H18BrN3O2. The monoisotopic (exact) mass is 363 g/mol. The Morgan fingerprint density at radius 2 is 1.91 bits per heavy atom. The Morgan fingerprint density at radius 1 is 1.18 bits per heavy atom. The Bertz CT molecular complexity index is 749. The Hall–Kier alpha value is -1.69. The van der Waals surface area contributed by atoms with Crippen LogP contribution < -0.4 is 5.56 Å². The van der Waals surface area contributed by atoms with Crippen molar-refractivity contribution in [2.75, 3.05) is 13.1 Å². The molecule has 0 spiro atoms. The van der Waals surface area contributed by atoms with Crippen LogP contribution in [0.4, 0.5) is 0 Å². The van der Waals surface area contributed by atoms with Crippen molar-refractivity contribution in [1.82, 2.24) is 14.5 Å². The summed E-state index contributed by atoms with van der Waals surface area (Å²) in [4.78, 5) is 31.0. The summed E-state index contributed by atoms with van der Waals surface area (Å²) in [5, 5.41) is 0.528. The molecule has 2 heterocycles. The summed E-state index contributed by atoms with van der Waals surface area (Å²) in [7, 11) is 0. The van der Waals surface area contributed by atoms with Crippen LogP contribution in [0.3, 0.4) is 0 Å². The van der Waals surface area contributed by atoms with Crippen molar-refractivity contribution in [3.05, 3.63) is 39.4 Å². The molecule has 0 bridgehead atoms. The molecular weight excluding hydrogens is 346 g/mol. The summed E-state index contributed by atoms with van der Waals surface area (Å²) >= 11 is 3.36. The van der Waals surface area contributed by atoms with Gasteiger partial charge in [-0.05, 0) is 31.0 Å². The molecule has 22 heavy (non-hydrogen) atoms. The summed E-state index contributed by atoms with van der Waals surface area (Å²) in [5.41, 5.74) is 0.473. The molecule has 1 aliphatic rings. The largest absolute Gasteiger partial charge is 0.341 e. The zero-order valence-electron chi connectivity index (χ0n) is 12.3. The molecule has 6 heteroatoms. The number of hydrogen-bond donors (Lipinski definition) is 0. The lowest BCUT2D eigenvalue weighted by molar-refractivity contribution is -0.131. The standard InChI is InChI=1S/C16H18BrN3O2/c17-12-5-6-14-13(9-12)16(22)20(11-18-14)10-15(21)19-7-3-1-2-4-8-19/h5-6,9,11H,1-4,7-8,10H2. The highest BCUT2D eigenvalue weighted by atomic mass is 79.9. The number of aromatic nitrogens is 2. The number of rotatable bonds is 2. The van der Waals surface area contributed by atoms with Crippen LogP contribution in [0.2, 0.25) is 0 Å². The molecule has 0 atom stereocenters. The second-order valence-electron chi connectivity index (χ2n) is 5.63. The van der Waals surface area contributed by atoms with Crippen molar-refractivity contribution in [1.29, 1.82) is 0 Å². The van der Waals surface area contributed by atoms with Crippen LogP contribution in [-0.2, 0) is 11.3 Å². The number of amides is 1. The van der Waals surface area contributed by atoms with Gasteiger partial charge in [0.2, 0.25) is 5.91 Å². The van der Waals surface area contributed by atoms with Gasteiger partial charge in [-0.2, -0.15) is 0 Å². The van der Waals surface area contributed by atoms with Crippen LogP contribution in [0.15, 0.2) is 33.8 Å². The SMILES string of the molecule is O=C(Cn1cnc2ccc(Br)cc2c1=O)N1CCCCCC1. The van der Waals surface area contributed by atoms with E-state index in [1.165, 1.54) is 23.7 Å². The fraction of sp³-hybridized carbons (Fsp3) is 0.438. The van der Waals surface area contributed by atoms with Gasteiger partial charge in [-0.3, -0.25) is 14.2 Å². The first-order valence-corrected chi connectivity index (χ1v) is 8.37. The van der Waals surface area contributed by atoms with Crippen molar-refractivity contribution in [2.24, 2.45) is 0 Å². The number of likely N-dealkylation sites (tertiary alicyclic amines) is 1. The zero-order chi connectivity index (χ0) is 15.5. The van der Waals surface area contributed by atoms with E-state index in [2.05, 4.69) is 20.9 Å². The summed E-state index contributed by atoms with van der Waals surface area (Å²) in [6, 6.07) is 5.39. The second-order valence-corrected chi connectivity index (χ2v) is 6.55. The van der Waals surface area contributed by atoms with Gasteiger partial charge in [0.05, 0.1) is 17.2 Å². The van der Waals surface area contributed by atoms with Gasteiger partial charge in [0, 0.05) is 17.6 Å². The van der Waals surface area contributed by atoms with Crippen molar-refractivity contribution in [3.63, 3.8) is 0 Å². The van der Waals surface area contributed by atoms with Gasteiger partial charge in [-0.25, -0.2) is 4.98 Å². The lowest BCUT2D eigenvalue weighted by atomic mass is 10.2. The van der Waals surface area contributed by atoms with Crippen LogP contribution in [0, 0.1) is 0 Å². The van der Waals surface area contributed by atoms with Gasteiger partial charge >= 0.3 is 0 Å². The maximum atomic E-state index is 12.5.